The molecule has 3 rings (SSSR count). The molecule has 1 aliphatic heterocycles. The van der Waals surface area contributed by atoms with Crippen molar-refractivity contribution in [2.45, 2.75) is 6.42 Å². The van der Waals surface area contributed by atoms with Gasteiger partial charge in [-0.1, -0.05) is 6.07 Å². The molecule has 96 valence electrons. The Morgan fingerprint density at radius 1 is 1.26 bits per heavy atom. The minimum atomic E-state index is -0.969. The standard InChI is InChI=1S/C14H11NO4/c16-14(17)10-2-1-5-15-11(10)6-9-3-4-12-13(7-9)19-8-18-12/h1-5,7H,6,8H2,(H,16,17). The van der Waals surface area contributed by atoms with Gasteiger partial charge in [0.1, 0.15) is 0 Å². The van der Waals surface area contributed by atoms with Crippen LogP contribution in [0.15, 0.2) is 36.5 Å². The third-order valence-corrected chi connectivity index (χ3v) is 2.93. The minimum absolute atomic E-state index is 0.222. The van der Waals surface area contributed by atoms with Gasteiger partial charge in [-0.25, -0.2) is 4.79 Å². The highest BCUT2D eigenvalue weighted by Crippen LogP contribution is 2.33. The summed E-state index contributed by atoms with van der Waals surface area (Å²) in [7, 11) is 0. The number of benzene rings is 1. The fourth-order valence-electron chi connectivity index (χ4n) is 2.02. The van der Waals surface area contributed by atoms with E-state index >= 15 is 0 Å². The second-order valence-corrected chi connectivity index (χ2v) is 4.17. The number of nitrogens with zero attached hydrogens (tertiary/aromatic N) is 1. The first-order valence-corrected chi connectivity index (χ1v) is 5.80. The lowest BCUT2D eigenvalue weighted by molar-refractivity contribution is 0.0695. The van der Waals surface area contributed by atoms with E-state index in [0.29, 0.717) is 23.6 Å². The van der Waals surface area contributed by atoms with Crippen LogP contribution in [-0.4, -0.2) is 22.9 Å². The van der Waals surface area contributed by atoms with E-state index in [2.05, 4.69) is 4.98 Å². The highest BCUT2D eigenvalue weighted by atomic mass is 16.7. The lowest BCUT2D eigenvalue weighted by atomic mass is 10.0. The molecule has 0 bridgehead atoms. The van der Waals surface area contributed by atoms with Crippen LogP contribution in [0, 0.1) is 0 Å². The lowest BCUT2D eigenvalue weighted by Gasteiger charge is -2.05. The van der Waals surface area contributed by atoms with Crippen molar-refractivity contribution in [1.29, 1.82) is 0 Å². The highest BCUT2D eigenvalue weighted by molar-refractivity contribution is 5.88. The van der Waals surface area contributed by atoms with E-state index in [1.807, 2.05) is 18.2 Å². The van der Waals surface area contributed by atoms with E-state index in [4.69, 9.17) is 14.6 Å². The predicted octanol–water partition coefficient (Wildman–Crippen LogP) is 2.10. The number of carboxylic acids is 1. The summed E-state index contributed by atoms with van der Waals surface area (Å²) >= 11 is 0. The van der Waals surface area contributed by atoms with Crippen molar-refractivity contribution in [2.24, 2.45) is 0 Å². The van der Waals surface area contributed by atoms with Crippen molar-refractivity contribution in [3.05, 3.63) is 53.3 Å². The van der Waals surface area contributed by atoms with E-state index in [-0.39, 0.29) is 12.4 Å². The van der Waals surface area contributed by atoms with E-state index in [1.165, 1.54) is 0 Å². The zero-order chi connectivity index (χ0) is 13.2. The van der Waals surface area contributed by atoms with Gasteiger partial charge >= 0.3 is 5.97 Å². The largest absolute Gasteiger partial charge is 0.478 e. The molecular formula is C14H11NO4. The van der Waals surface area contributed by atoms with Gasteiger partial charge < -0.3 is 14.6 Å². The van der Waals surface area contributed by atoms with Crippen LogP contribution in [0.3, 0.4) is 0 Å². The first-order chi connectivity index (χ1) is 9.24. The number of pyridine rings is 1. The van der Waals surface area contributed by atoms with Crippen LogP contribution < -0.4 is 9.47 Å². The smallest absolute Gasteiger partial charge is 0.337 e. The molecule has 19 heavy (non-hydrogen) atoms. The SMILES string of the molecule is O=C(O)c1cccnc1Cc1ccc2c(c1)OCO2. The van der Waals surface area contributed by atoms with E-state index < -0.39 is 5.97 Å². The monoisotopic (exact) mass is 257 g/mol. The topological polar surface area (TPSA) is 68.7 Å². The molecule has 1 aliphatic rings. The first-order valence-electron chi connectivity index (χ1n) is 5.80. The van der Waals surface area contributed by atoms with Crippen LogP contribution in [-0.2, 0) is 6.42 Å². The van der Waals surface area contributed by atoms with Crippen molar-refractivity contribution in [3.63, 3.8) is 0 Å². The summed E-state index contributed by atoms with van der Waals surface area (Å²) in [6.07, 6.45) is 2.04. The molecule has 2 heterocycles. The number of carbonyl (C=O) groups is 1. The van der Waals surface area contributed by atoms with Crippen molar-refractivity contribution < 1.29 is 19.4 Å². The summed E-state index contributed by atoms with van der Waals surface area (Å²) in [5, 5.41) is 9.11. The van der Waals surface area contributed by atoms with Crippen molar-refractivity contribution in [3.8, 4) is 11.5 Å². The Morgan fingerprint density at radius 3 is 2.95 bits per heavy atom. The maximum atomic E-state index is 11.1. The van der Waals surface area contributed by atoms with Crippen LogP contribution in [0.5, 0.6) is 11.5 Å². The number of carboxylic acid groups (broad SMARTS) is 1. The molecule has 0 atom stereocenters. The molecule has 0 saturated heterocycles. The average molecular weight is 257 g/mol. The molecule has 0 unspecified atom stereocenters. The Morgan fingerprint density at radius 2 is 2.11 bits per heavy atom. The molecular weight excluding hydrogens is 246 g/mol. The molecule has 0 radical (unpaired) electrons. The molecule has 5 heteroatoms. The number of aromatic nitrogens is 1. The summed E-state index contributed by atoms with van der Waals surface area (Å²) < 4.78 is 10.5. The normalized spacial score (nSPS) is 12.4. The van der Waals surface area contributed by atoms with E-state index in [9.17, 15) is 4.79 Å². The second-order valence-electron chi connectivity index (χ2n) is 4.17. The molecule has 0 spiro atoms. The van der Waals surface area contributed by atoms with Gasteiger partial charge in [0.15, 0.2) is 11.5 Å². The summed E-state index contributed by atoms with van der Waals surface area (Å²) in [6.45, 7) is 0.225. The van der Waals surface area contributed by atoms with Crippen LogP contribution in [0.1, 0.15) is 21.6 Å². The lowest BCUT2D eigenvalue weighted by Crippen LogP contribution is -2.05. The molecule has 0 saturated carbocycles. The van der Waals surface area contributed by atoms with Gasteiger partial charge in [0.25, 0.3) is 0 Å². The third-order valence-electron chi connectivity index (χ3n) is 2.93. The van der Waals surface area contributed by atoms with Gasteiger partial charge in [0, 0.05) is 12.6 Å². The molecule has 1 aromatic heterocycles. The van der Waals surface area contributed by atoms with Gasteiger partial charge in [-0.2, -0.15) is 0 Å². The summed E-state index contributed by atoms with van der Waals surface area (Å²) in [4.78, 5) is 15.3. The zero-order valence-electron chi connectivity index (χ0n) is 10.00. The number of hydrogen-bond donors (Lipinski definition) is 1. The van der Waals surface area contributed by atoms with Gasteiger partial charge in [0.2, 0.25) is 6.79 Å². The van der Waals surface area contributed by atoms with Crippen LogP contribution in [0.25, 0.3) is 0 Å². The van der Waals surface area contributed by atoms with E-state index in [0.717, 1.165) is 5.56 Å². The molecule has 0 fully saturated rings. The van der Waals surface area contributed by atoms with E-state index in [1.54, 1.807) is 18.3 Å². The fraction of sp³-hybridized carbons (Fsp3) is 0.143. The van der Waals surface area contributed by atoms with Gasteiger partial charge in [-0.15, -0.1) is 0 Å². The van der Waals surface area contributed by atoms with Crippen molar-refractivity contribution in [1.82, 2.24) is 4.98 Å². The maximum absolute atomic E-state index is 11.1. The fourth-order valence-corrected chi connectivity index (χ4v) is 2.02. The Bertz CT molecular complexity index is 639. The molecule has 0 amide bonds. The number of ether oxygens (including phenoxy) is 2. The zero-order valence-corrected chi connectivity index (χ0v) is 10.00. The number of hydrogen-bond acceptors (Lipinski definition) is 4. The Balaban J connectivity index is 1.91. The van der Waals surface area contributed by atoms with Gasteiger partial charge in [-0.05, 0) is 29.8 Å². The van der Waals surface area contributed by atoms with Gasteiger partial charge in [0.05, 0.1) is 11.3 Å². The number of rotatable bonds is 3. The predicted molar refractivity (Wildman–Crippen MR) is 66.6 cm³/mol. The first kappa shape index (κ1) is 11.5. The number of aromatic carboxylic acids is 1. The summed E-state index contributed by atoms with van der Waals surface area (Å²) in [6, 6.07) is 8.72. The Kier molecular flexibility index (Phi) is 2.79. The molecule has 5 nitrogen and oxygen atoms in total. The maximum Gasteiger partial charge on any atom is 0.337 e. The second kappa shape index (κ2) is 4.61. The Hall–Kier alpha value is -2.56. The van der Waals surface area contributed by atoms with Crippen LogP contribution >= 0.6 is 0 Å². The van der Waals surface area contributed by atoms with Crippen LogP contribution in [0.4, 0.5) is 0 Å². The van der Waals surface area contributed by atoms with Crippen molar-refractivity contribution >= 4 is 5.97 Å². The molecule has 1 aromatic carbocycles. The van der Waals surface area contributed by atoms with Crippen molar-refractivity contribution in [2.75, 3.05) is 6.79 Å². The molecule has 0 aliphatic carbocycles. The summed E-state index contributed by atoms with van der Waals surface area (Å²) in [5.41, 5.74) is 1.69. The quantitative estimate of drug-likeness (QED) is 0.911. The summed E-state index contributed by atoms with van der Waals surface area (Å²) in [5.74, 6) is 0.428. The number of fused-ring (bicyclic) bond motifs is 1. The average Bonchev–Trinajstić information content (AvgIpc) is 2.86. The van der Waals surface area contributed by atoms with Crippen LogP contribution in [0.2, 0.25) is 0 Å². The highest BCUT2D eigenvalue weighted by Gasteiger charge is 2.15. The minimum Gasteiger partial charge on any atom is -0.478 e. The molecule has 2 aromatic rings. The molecule has 1 N–H and O–H groups in total. The third kappa shape index (κ3) is 2.22. The van der Waals surface area contributed by atoms with Gasteiger partial charge in [-0.3, -0.25) is 4.98 Å². The Labute approximate surface area is 109 Å².